The van der Waals surface area contributed by atoms with Crippen molar-refractivity contribution in [1.29, 1.82) is 0 Å². The zero-order valence-electron chi connectivity index (χ0n) is 11.6. The lowest BCUT2D eigenvalue weighted by atomic mass is 9.87. The molecular formula is C12H23N3O3. The van der Waals surface area contributed by atoms with Gasteiger partial charge in [0.1, 0.15) is 11.1 Å². The zero-order valence-corrected chi connectivity index (χ0v) is 11.6. The Morgan fingerprint density at radius 3 is 2.22 bits per heavy atom. The fourth-order valence-corrected chi connectivity index (χ4v) is 2.00. The predicted octanol–water partition coefficient (Wildman–Crippen LogP) is 0.379. The van der Waals surface area contributed by atoms with Gasteiger partial charge in [-0.05, 0) is 46.7 Å². The highest BCUT2D eigenvalue weighted by Gasteiger charge is 2.41. The molecule has 104 valence electrons. The van der Waals surface area contributed by atoms with E-state index in [-0.39, 0.29) is 5.91 Å². The minimum Gasteiger partial charge on any atom is -0.444 e. The van der Waals surface area contributed by atoms with Crippen LogP contribution in [0.1, 0.15) is 33.6 Å². The van der Waals surface area contributed by atoms with E-state index < -0.39 is 17.2 Å². The molecule has 0 unspecified atom stereocenters. The van der Waals surface area contributed by atoms with Crippen molar-refractivity contribution in [3.63, 3.8) is 0 Å². The van der Waals surface area contributed by atoms with E-state index in [4.69, 9.17) is 4.74 Å². The molecule has 0 radical (unpaired) electrons. The summed E-state index contributed by atoms with van der Waals surface area (Å²) < 4.78 is 5.21. The maximum Gasteiger partial charge on any atom is 0.408 e. The summed E-state index contributed by atoms with van der Waals surface area (Å²) in [6.07, 6.45) is 0.575. The number of hydrogen-bond donors (Lipinski definition) is 3. The molecule has 1 heterocycles. The number of carbonyl (C=O) groups excluding carboxylic acids is 2. The van der Waals surface area contributed by atoms with Crippen LogP contribution >= 0.6 is 0 Å². The van der Waals surface area contributed by atoms with Crippen molar-refractivity contribution in [3.8, 4) is 0 Å². The van der Waals surface area contributed by atoms with Crippen LogP contribution in [-0.2, 0) is 9.53 Å². The molecule has 0 aromatic heterocycles. The van der Waals surface area contributed by atoms with E-state index in [1.165, 1.54) is 0 Å². The lowest BCUT2D eigenvalue weighted by Crippen LogP contribution is -2.62. The Balaban J connectivity index is 2.73. The molecule has 0 aromatic rings. The smallest absolute Gasteiger partial charge is 0.408 e. The molecule has 0 aromatic carbocycles. The quantitative estimate of drug-likeness (QED) is 0.668. The van der Waals surface area contributed by atoms with Crippen molar-refractivity contribution in [3.05, 3.63) is 0 Å². The van der Waals surface area contributed by atoms with Gasteiger partial charge in [-0.15, -0.1) is 0 Å². The lowest BCUT2D eigenvalue weighted by molar-refractivity contribution is -0.128. The third kappa shape index (κ3) is 3.87. The van der Waals surface area contributed by atoms with Gasteiger partial charge in [0.15, 0.2) is 0 Å². The minimum atomic E-state index is -0.859. The first kappa shape index (κ1) is 14.8. The summed E-state index contributed by atoms with van der Waals surface area (Å²) in [5.74, 6) is -0.171. The van der Waals surface area contributed by atoms with E-state index in [1.807, 2.05) is 0 Å². The number of nitrogens with one attached hydrogen (secondary N) is 3. The van der Waals surface area contributed by atoms with Crippen molar-refractivity contribution in [2.24, 2.45) is 0 Å². The number of amides is 2. The molecule has 18 heavy (non-hydrogen) atoms. The van der Waals surface area contributed by atoms with E-state index >= 15 is 0 Å². The molecule has 0 atom stereocenters. The number of ether oxygens (including phenoxy) is 1. The molecule has 0 bridgehead atoms. The summed E-state index contributed by atoms with van der Waals surface area (Å²) in [6.45, 7) is 6.77. The SMILES string of the molecule is CNC(=O)C1(NC(=O)OC(C)(C)C)CCNCC1. The Labute approximate surface area is 108 Å². The Bertz CT molecular complexity index is 317. The Morgan fingerprint density at radius 1 is 1.22 bits per heavy atom. The molecule has 1 fully saturated rings. The highest BCUT2D eigenvalue weighted by atomic mass is 16.6. The molecule has 6 nitrogen and oxygen atoms in total. The topological polar surface area (TPSA) is 79.5 Å². The van der Waals surface area contributed by atoms with Crippen LogP contribution in [0.15, 0.2) is 0 Å². The van der Waals surface area contributed by atoms with Gasteiger partial charge in [0.25, 0.3) is 0 Å². The summed E-state index contributed by atoms with van der Waals surface area (Å²) in [6, 6.07) is 0. The van der Waals surface area contributed by atoms with Crippen LogP contribution in [-0.4, -0.2) is 43.3 Å². The zero-order chi connectivity index (χ0) is 13.8. The number of rotatable bonds is 2. The van der Waals surface area contributed by atoms with Gasteiger partial charge in [0, 0.05) is 7.05 Å². The van der Waals surface area contributed by atoms with Crippen LogP contribution in [0.2, 0.25) is 0 Å². The highest BCUT2D eigenvalue weighted by Crippen LogP contribution is 2.19. The standard InChI is InChI=1S/C12H23N3O3/c1-11(2,3)18-10(17)15-12(9(16)13-4)5-7-14-8-6-12/h14H,5-8H2,1-4H3,(H,13,16)(H,15,17). The van der Waals surface area contributed by atoms with Crippen molar-refractivity contribution in [1.82, 2.24) is 16.0 Å². The lowest BCUT2D eigenvalue weighted by Gasteiger charge is -2.36. The summed E-state index contributed by atoms with van der Waals surface area (Å²) in [7, 11) is 1.57. The van der Waals surface area contributed by atoms with Gasteiger partial charge in [0.05, 0.1) is 0 Å². The first-order valence-corrected chi connectivity index (χ1v) is 6.23. The van der Waals surface area contributed by atoms with Crippen molar-refractivity contribution in [2.75, 3.05) is 20.1 Å². The Hall–Kier alpha value is -1.30. The first-order chi connectivity index (χ1) is 8.29. The number of alkyl carbamates (subject to hydrolysis) is 1. The van der Waals surface area contributed by atoms with Crippen molar-refractivity contribution < 1.29 is 14.3 Å². The third-order valence-corrected chi connectivity index (χ3v) is 2.86. The van der Waals surface area contributed by atoms with E-state index in [2.05, 4.69) is 16.0 Å². The van der Waals surface area contributed by atoms with Crippen molar-refractivity contribution in [2.45, 2.75) is 44.8 Å². The fourth-order valence-electron chi connectivity index (χ4n) is 2.00. The van der Waals surface area contributed by atoms with E-state index in [0.717, 1.165) is 0 Å². The largest absolute Gasteiger partial charge is 0.444 e. The molecular weight excluding hydrogens is 234 g/mol. The highest BCUT2D eigenvalue weighted by molar-refractivity contribution is 5.90. The molecule has 6 heteroatoms. The molecule has 1 saturated heterocycles. The summed E-state index contributed by atoms with van der Waals surface area (Å²) in [5.41, 5.74) is -1.43. The number of carbonyl (C=O) groups is 2. The second-order valence-electron chi connectivity index (χ2n) is 5.54. The molecule has 1 aliphatic heterocycles. The molecule has 0 saturated carbocycles. The Morgan fingerprint density at radius 2 is 1.78 bits per heavy atom. The van der Waals surface area contributed by atoms with Gasteiger partial charge < -0.3 is 20.7 Å². The monoisotopic (exact) mass is 257 g/mol. The second-order valence-corrected chi connectivity index (χ2v) is 5.54. The Kier molecular flexibility index (Phi) is 4.56. The van der Waals surface area contributed by atoms with Crippen LogP contribution in [0.3, 0.4) is 0 Å². The summed E-state index contributed by atoms with van der Waals surface area (Å²) >= 11 is 0. The van der Waals surface area contributed by atoms with Gasteiger partial charge in [-0.3, -0.25) is 4.79 Å². The molecule has 0 aliphatic carbocycles. The summed E-state index contributed by atoms with van der Waals surface area (Å²) in [4.78, 5) is 23.8. The average Bonchev–Trinajstić information content (AvgIpc) is 2.26. The third-order valence-electron chi connectivity index (χ3n) is 2.86. The summed E-state index contributed by atoms with van der Waals surface area (Å²) in [5, 5.41) is 8.50. The predicted molar refractivity (Wildman–Crippen MR) is 68.3 cm³/mol. The normalized spacial score (nSPS) is 18.9. The van der Waals surface area contributed by atoms with Crippen molar-refractivity contribution >= 4 is 12.0 Å². The molecule has 0 spiro atoms. The van der Waals surface area contributed by atoms with Crippen LogP contribution < -0.4 is 16.0 Å². The second kappa shape index (κ2) is 5.56. The fraction of sp³-hybridized carbons (Fsp3) is 0.833. The van der Waals surface area contributed by atoms with Gasteiger partial charge in [-0.2, -0.15) is 0 Å². The van der Waals surface area contributed by atoms with E-state index in [1.54, 1.807) is 27.8 Å². The maximum atomic E-state index is 12.0. The molecule has 1 aliphatic rings. The number of likely N-dealkylation sites (N-methyl/N-ethyl adjacent to an activating group) is 1. The number of hydrogen-bond acceptors (Lipinski definition) is 4. The molecule has 3 N–H and O–H groups in total. The van der Waals surface area contributed by atoms with E-state index in [0.29, 0.717) is 25.9 Å². The van der Waals surface area contributed by atoms with Gasteiger partial charge in [0.2, 0.25) is 5.91 Å². The van der Waals surface area contributed by atoms with Gasteiger partial charge >= 0.3 is 6.09 Å². The van der Waals surface area contributed by atoms with Gasteiger partial charge in [-0.25, -0.2) is 4.79 Å². The molecule has 2 amide bonds. The average molecular weight is 257 g/mol. The van der Waals surface area contributed by atoms with Crippen LogP contribution in [0, 0.1) is 0 Å². The first-order valence-electron chi connectivity index (χ1n) is 6.23. The van der Waals surface area contributed by atoms with Crippen LogP contribution in [0.25, 0.3) is 0 Å². The number of piperidine rings is 1. The minimum absolute atomic E-state index is 0.171. The van der Waals surface area contributed by atoms with E-state index in [9.17, 15) is 9.59 Å². The van der Waals surface area contributed by atoms with Crippen LogP contribution in [0.5, 0.6) is 0 Å². The molecule has 1 rings (SSSR count). The van der Waals surface area contributed by atoms with Crippen LogP contribution in [0.4, 0.5) is 4.79 Å². The van der Waals surface area contributed by atoms with Gasteiger partial charge in [-0.1, -0.05) is 0 Å². The maximum absolute atomic E-state index is 12.0.